The summed E-state index contributed by atoms with van der Waals surface area (Å²) in [5.74, 6) is 1.77. The number of unbranched alkanes of at least 4 members (excludes halogenated alkanes) is 2. The molecule has 0 aromatic carbocycles. The van der Waals surface area contributed by atoms with Crippen molar-refractivity contribution in [2.45, 2.75) is 77.1 Å². The van der Waals surface area contributed by atoms with Crippen molar-refractivity contribution in [3.05, 3.63) is 0 Å². The molecule has 190 valence electrons. The van der Waals surface area contributed by atoms with Gasteiger partial charge in [0.05, 0.1) is 32.0 Å². The Morgan fingerprint density at radius 1 is 0.970 bits per heavy atom. The van der Waals surface area contributed by atoms with Gasteiger partial charge in [0.2, 0.25) is 0 Å². The Kier molecular flexibility index (Phi) is 10.5. The number of nitrogens with zero attached hydrogens (tertiary/aromatic N) is 2. The van der Waals surface area contributed by atoms with Crippen molar-refractivity contribution >= 4 is 27.9 Å². The quantitative estimate of drug-likeness (QED) is 0.0851. The molecule has 2 heterocycles. The van der Waals surface area contributed by atoms with Crippen LogP contribution in [0.25, 0.3) is 0 Å². The smallest absolute Gasteiger partial charge is 0.306 e. The van der Waals surface area contributed by atoms with Gasteiger partial charge in [-0.3, -0.25) is 4.79 Å². The molecule has 0 aromatic rings. The van der Waals surface area contributed by atoms with Crippen molar-refractivity contribution in [2.75, 3.05) is 52.6 Å². The summed E-state index contributed by atoms with van der Waals surface area (Å²) in [5.41, 5.74) is 0. The Labute approximate surface area is 207 Å². The van der Waals surface area contributed by atoms with E-state index in [9.17, 15) is 4.79 Å². The van der Waals surface area contributed by atoms with E-state index in [0.29, 0.717) is 55.7 Å². The predicted octanol–water partition coefficient (Wildman–Crippen LogP) is 4.17. The minimum atomic E-state index is -0.0285. The summed E-state index contributed by atoms with van der Waals surface area (Å²) >= 11 is 0. The molecule has 0 spiro atoms. The molecule has 2 saturated carbocycles. The van der Waals surface area contributed by atoms with Crippen molar-refractivity contribution in [1.29, 1.82) is 0 Å². The summed E-state index contributed by atoms with van der Waals surface area (Å²) in [6, 6.07) is 0. The van der Waals surface area contributed by atoms with Crippen molar-refractivity contribution in [1.82, 2.24) is 8.61 Å². The molecule has 0 N–H and O–H groups in total. The van der Waals surface area contributed by atoms with E-state index in [1.165, 1.54) is 19.3 Å². The van der Waals surface area contributed by atoms with Crippen LogP contribution in [0.4, 0.5) is 0 Å². The molecule has 0 aromatic heterocycles. The molecular weight excluding hydrogens is 460 g/mol. The molecule has 2 aliphatic heterocycles. The maximum atomic E-state index is 12.4. The Balaban J connectivity index is 1.12. The van der Waals surface area contributed by atoms with Crippen molar-refractivity contribution in [2.24, 2.45) is 17.8 Å². The Morgan fingerprint density at radius 3 is 2.27 bits per heavy atom. The Hall–Kier alpha value is -0.0300. The standard InChI is InChI=1S/C24H42N2O5S2/c1-3-5-7-25(9-11-28-16-20-17-30-20)32-33-26(8-6-4-2)10-12-29-22(27)15-18-13-19-14-21(18)24-23(19)31-24/h18-21,23-24H,3-17H2,1-2H3. The van der Waals surface area contributed by atoms with E-state index >= 15 is 0 Å². The lowest BCUT2D eigenvalue weighted by Gasteiger charge is -2.25. The van der Waals surface area contributed by atoms with Gasteiger partial charge < -0.3 is 18.9 Å². The second-order valence-corrected chi connectivity index (χ2v) is 12.1. The summed E-state index contributed by atoms with van der Waals surface area (Å²) in [6.45, 7) is 11.0. The van der Waals surface area contributed by atoms with Crippen LogP contribution in [0.15, 0.2) is 0 Å². The SMILES string of the molecule is CCCCN(CCOCC1CO1)SSN(CCCC)CCOC(=O)CC1CC2CC1C1OC21. The van der Waals surface area contributed by atoms with Crippen molar-refractivity contribution < 1.29 is 23.7 Å². The minimum Gasteiger partial charge on any atom is -0.464 e. The van der Waals surface area contributed by atoms with E-state index in [4.69, 9.17) is 18.9 Å². The number of fused-ring (bicyclic) bond motifs is 5. The van der Waals surface area contributed by atoms with Crippen LogP contribution in [0.1, 0.15) is 58.8 Å². The van der Waals surface area contributed by atoms with Crippen LogP contribution < -0.4 is 0 Å². The second kappa shape index (κ2) is 13.3. The largest absolute Gasteiger partial charge is 0.464 e. The van der Waals surface area contributed by atoms with E-state index < -0.39 is 0 Å². The molecule has 0 radical (unpaired) electrons. The third-order valence-corrected chi connectivity index (χ3v) is 9.91. The number of carbonyl (C=O) groups excluding carboxylic acids is 1. The zero-order chi connectivity index (χ0) is 23.0. The highest BCUT2D eigenvalue weighted by Crippen LogP contribution is 2.59. The highest BCUT2D eigenvalue weighted by Gasteiger charge is 2.63. The van der Waals surface area contributed by atoms with Gasteiger partial charge in [0.15, 0.2) is 0 Å². The molecule has 9 heteroatoms. The first-order chi connectivity index (χ1) is 16.2. The van der Waals surface area contributed by atoms with Crippen LogP contribution in [0, 0.1) is 17.8 Å². The molecule has 2 aliphatic carbocycles. The minimum absolute atomic E-state index is 0.0285. The molecule has 6 atom stereocenters. The predicted molar refractivity (Wildman–Crippen MR) is 133 cm³/mol. The highest BCUT2D eigenvalue weighted by molar-refractivity contribution is 8.74. The zero-order valence-electron chi connectivity index (χ0n) is 20.3. The van der Waals surface area contributed by atoms with Crippen LogP contribution in [0.3, 0.4) is 0 Å². The summed E-state index contributed by atoms with van der Waals surface area (Å²) in [5, 5.41) is 0. The van der Waals surface area contributed by atoms with Gasteiger partial charge in [-0.2, -0.15) is 0 Å². The number of rotatable bonds is 19. The van der Waals surface area contributed by atoms with E-state index in [1.807, 2.05) is 0 Å². The van der Waals surface area contributed by atoms with Gasteiger partial charge in [-0.05, 0) is 43.4 Å². The molecule has 33 heavy (non-hydrogen) atoms. The highest BCUT2D eigenvalue weighted by atomic mass is 33.1. The third kappa shape index (κ3) is 8.26. The maximum absolute atomic E-state index is 12.4. The lowest BCUT2D eigenvalue weighted by molar-refractivity contribution is -0.145. The molecule has 2 saturated heterocycles. The fourth-order valence-electron chi connectivity index (χ4n) is 5.18. The van der Waals surface area contributed by atoms with E-state index in [2.05, 4.69) is 22.5 Å². The van der Waals surface area contributed by atoms with Crippen LogP contribution in [-0.2, 0) is 23.7 Å². The Bertz CT molecular complexity index is 611. The fourth-order valence-corrected chi connectivity index (χ4v) is 7.54. The lowest BCUT2D eigenvalue weighted by atomic mass is 9.86. The second-order valence-electron chi connectivity index (χ2n) is 9.89. The first-order valence-corrected chi connectivity index (χ1v) is 15.1. The summed E-state index contributed by atoms with van der Waals surface area (Å²) in [7, 11) is 3.59. The van der Waals surface area contributed by atoms with Crippen LogP contribution >= 0.6 is 22.0 Å². The number of carbonyl (C=O) groups is 1. The van der Waals surface area contributed by atoms with Gasteiger partial charge in [-0.1, -0.05) is 26.7 Å². The average molecular weight is 503 g/mol. The van der Waals surface area contributed by atoms with Gasteiger partial charge >= 0.3 is 5.97 Å². The van der Waals surface area contributed by atoms with E-state index in [0.717, 1.165) is 58.7 Å². The molecule has 7 nitrogen and oxygen atoms in total. The molecule has 4 fully saturated rings. The van der Waals surface area contributed by atoms with Gasteiger partial charge in [0.25, 0.3) is 0 Å². The van der Waals surface area contributed by atoms with Gasteiger partial charge in [-0.15, -0.1) is 0 Å². The van der Waals surface area contributed by atoms with E-state index in [-0.39, 0.29) is 5.97 Å². The molecule has 4 aliphatic rings. The number of hydrogen-bond acceptors (Lipinski definition) is 9. The maximum Gasteiger partial charge on any atom is 0.306 e. The average Bonchev–Trinajstić information content (AvgIpc) is 3.74. The van der Waals surface area contributed by atoms with Crippen molar-refractivity contribution in [3.63, 3.8) is 0 Å². The first-order valence-electron chi connectivity index (χ1n) is 13.0. The molecule has 6 unspecified atom stereocenters. The van der Waals surface area contributed by atoms with Gasteiger partial charge in [0, 0.05) is 54.6 Å². The van der Waals surface area contributed by atoms with Gasteiger partial charge in [0.1, 0.15) is 12.7 Å². The summed E-state index contributed by atoms with van der Waals surface area (Å²) in [6.07, 6.45) is 8.98. The summed E-state index contributed by atoms with van der Waals surface area (Å²) in [4.78, 5) is 12.4. The first kappa shape index (κ1) is 26.0. The number of ether oxygens (including phenoxy) is 4. The van der Waals surface area contributed by atoms with Crippen LogP contribution in [0.2, 0.25) is 0 Å². The van der Waals surface area contributed by atoms with Crippen molar-refractivity contribution in [3.8, 4) is 0 Å². The summed E-state index contributed by atoms with van der Waals surface area (Å²) < 4.78 is 27.1. The monoisotopic (exact) mass is 502 g/mol. The van der Waals surface area contributed by atoms with E-state index in [1.54, 1.807) is 22.0 Å². The number of hydrogen-bond donors (Lipinski definition) is 0. The normalized spacial score (nSPS) is 31.4. The lowest BCUT2D eigenvalue weighted by Crippen LogP contribution is -2.27. The van der Waals surface area contributed by atoms with Crippen LogP contribution in [0.5, 0.6) is 0 Å². The zero-order valence-corrected chi connectivity index (χ0v) is 22.0. The molecule has 0 amide bonds. The Morgan fingerprint density at radius 2 is 1.67 bits per heavy atom. The number of esters is 1. The van der Waals surface area contributed by atoms with Crippen LogP contribution in [-0.4, -0.2) is 85.5 Å². The van der Waals surface area contributed by atoms with Gasteiger partial charge in [-0.25, -0.2) is 8.61 Å². The third-order valence-electron chi connectivity index (χ3n) is 7.22. The number of epoxide rings is 2. The molecule has 4 rings (SSSR count). The molecular formula is C24H42N2O5S2. The fraction of sp³-hybridized carbons (Fsp3) is 0.958. The molecule has 2 bridgehead atoms. The topological polar surface area (TPSA) is 67.1 Å².